The molecule has 0 bridgehead atoms. The SMILES string of the molecule is CC1(C)CCC(O)C(CN2CCC(c3ccccc3)C2)C1. The van der Waals surface area contributed by atoms with E-state index in [9.17, 15) is 5.11 Å². The first-order valence-electron chi connectivity index (χ1n) is 8.49. The molecule has 2 aliphatic rings. The van der Waals surface area contributed by atoms with Gasteiger partial charge in [0.2, 0.25) is 0 Å². The lowest BCUT2D eigenvalue weighted by molar-refractivity contribution is 0.00723. The molecule has 116 valence electrons. The second-order valence-corrected chi connectivity index (χ2v) is 7.89. The molecular weight excluding hydrogens is 258 g/mol. The number of hydrogen-bond acceptors (Lipinski definition) is 2. The molecule has 1 aromatic rings. The molecule has 1 aromatic carbocycles. The van der Waals surface area contributed by atoms with Crippen LogP contribution >= 0.6 is 0 Å². The Morgan fingerprint density at radius 1 is 1.19 bits per heavy atom. The molecule has 0 amide bonds. The predicted molar refractivity (Wildman–Crippen MR) is 87.4 cm³/mol. The van der Waals surface area contributed by atoms with Crippen molar-refractivity contribution in [3.05, 3.63) is 35.9 Å². The molecule has 1 N–H and O–H groups in total. The van der Waals surface area contributed by atoms with E-state index in [1.807, 2.05) is 0 Å². The van der Waals surface area contributed by atoms with Gasteiger partial charge in [0.15, 0.2) is 0 Å². The molecule has 21 heavy (non-hydrogen) atoms. The van der Waals surface area contributed by atoms with Crippen LogP contribution in [0, 0.1) is 11.3 Å². The summed E-state index contributed by atoms with van der Waals surface area (Å²) in [5, 5.41) is 10.3. The van der Waals surface area contributed by atoms with Gasteiger partial charge in [-0.15, -0.1) is 0 Å². The van der Waals surface area contributed by atoms with E-state index in [4.69, 9.17) is 0 Å². The van der Waals surface area contributed by atoms with Gasteiger partial charge in [-0.05, 0) is 55.0 Å². The third kappa shape index (κ3) is 3.67. The average molecular weight is 287 g/mol. The van der Waals surface area contributed by atoms with Crippen molar-refractivity contribution in [3.63, 3.8) is 0 Å². The Balaban J connectivity index is 1.57. The van der Waals surface area contributed by atoms with Crippen LogP contribution in [0.5, 0.6) is 0 Å². The summed E-state index contributed by atoms with van der Waals surface area (Å²) in [6.45, 7) is 8.12. The Hall–Kier alpha value is -0.860. The molecule has 0 radical (unpaired) electrons. The van der Waals surface area contributed by atoms with Gasteiger partial charge < -0.3 is 10.0 Å². The van der Waals surface area contributed by atoms with Crippen LogP contribution in [0.4, 0.5) is 0 Å². The summed E-state index contributed by atoms with van der Waals surface area (Å²) in [6, 6.07) is 10.9. The van der Waals surface area contributed by atoms with Crippen LogP contribution in [0.2, 0.25) is 0 Å². The van der Waals surface area contributed by atoms with Crippen molar-refractivity contribution in [1.82, 2.24) is 4.90 Å². The van der Waals surface area contributed by atoms with Crippen LogP contribution in [0.15, 0.2) is 30.3 Å². The van der Waals surface area contributed by atoms with Crippen LogP contribution in [0.1, 0.15) is 51.0 Å². The summed E-state index contributed by atoms with van der Waals surface area (Å²) in [5.74, 6) is 1.14. The zero-order chi connectivity index (χ0) is 14.9. The number of aliphatic hydroxyl groups is 1. The zero-order valence-corrected chi connectivity index (χ0v) is 13.5. The molecule has 1 aliphatic carbocycles. The topological polar surface area (TPSA) is 23.5 Å². The van der Waals surface area contributed by atoms with Crippen molar-refractivity contribution in [2.45, 2.75) is 51.6 Å². The normalized spacial score (nSPS) is 33.2. The maximum absolute atomic E-state index is 10.3. The molecule has 2 nitrogen and oxygen atoms in total. The summed E-state index contributed by atoms with van der Waals surface area (Å²) < 4.78 is 0. The fourth-order valence-corrected chi connectivity index (χ4v) is 4.24. The van der Waals surface area contributed by atoms with Gasteiger partial charge in [0.05, 0.1) is 6.10 Å². The highest BCUT2D eigenvalue weighted by molar-refractivity contribution is 5.21. The summed E-state index contributed by atoms with van der Waals surface area (Å²) in [7, 11) is 0. The zero-order valence-electron chi connectivity index (χ0n) is 13.5. The molecule has 0 spiro atoms. The van der Waals surface area contributed by atoms with Crippen molar-refractivity contribution < 1.29 is 5.11 Å². The molecule has 3 unspecified atom stereocenters. The van der Waals surface area contributed by atoms with Gasteiger partial charge in [-0.25, -0.2) is 0 Å². The van der Waals surface area contributed by atoms with Gasteiger partial charge in [0.25, 0.3) is 0 Å². The van der Waals surface area contributed by atoms with Gasteiger partial charge in [0, 0.05) is 13.1 Å². The minimum absolute atomic E-state index is 0.0891. The van der Waals surface area contributed by atoms with Crippen molar-refractivity contribution in [1.29, 1.82) is 0 Å². The first-order valence-corrected chi connectivity index (χ1v) is 8.49. The number of aliphatic hydroxyl groups excluding tert-OH is 1. The van der Waals surface area contributed by atoms with Gasteiger partial charge in [-0.3, -0.25) is 0 Å². The number of benzene rings is 1. The monoisotopic (exact) mass is 287 g/mol. The molecule has 2 fully saturated rings. The smallest absolute Gasteiger partial charge is 0.0581 e. The largest absolute Gasteiger partial charge is 0.393 e. The Bertz CT molecular complexity index is 456. The number of hydrogen-bond donors (Lipinski definition) is 1. The van der Waals surface area contributed by atoms with E-state index in [0.29, 0.717) is 17.3 Å². The lowest BCUT2D eigenvalue weighted by Crippen LogP contribution is -2.40. The maximum atomic E-state index is 10.3. The standard InChI is InChI=1S/C19H29NO/c1-19(2)10-8-18(21)17(12-19)14-20-11-9-16(13-20)15-6-4-3-5-7-15/h3-7,16-18,21H,8-14H2,1-2H3. The molecule has 1 aliphatic heterocycles. The summed E-state index contributed by atoms with van der Waals surface area (Å²) in [4.78, 5) is 2.58. The number of likely N-dealkylation sites (tertiary alicyclic amines) is 1. The van der Waals surface area contributed by atoms with Crippen LogP contribution in [-0.4, -0.2) is 35.7 Å². The Morgan fingerprint density at radius 2 is 1.95 bits per heavy atom. The van der Waals surface area contributed by atoms with E-state index in [0.717, 1.165) is 25.9 Å². The fourth-order valence-electron chi connectivity index (χ4n) is 4.24. The van der Waals surface area contributed by atoms with Gasteiger partial charge in [-0.2, -0.15) is 0 Å². The van der Waals surface area contributed by atoms with Gasteiger partial charge in [-0.1, -0.05) is 44.2 Å². The Kier molecular flexibility index (Phi) is 4.37. The molecule has 1 saturated heterocycles. The van der Waals surface area contributed by atoms with Crippen molar-refractivity contribution in [2.24, 2.45) is 11.3 Å². The number of nitrogens with zero attached hydrogens (tertiary/aromatic N) is 1. The summed E-state index contributed by atoms with van der Waals surface area (Å²) >= 11 is 0. The minimum atomic E-state index is -0.0891. The molecule has 1 heterocycles. The summed E-state index contributed by atoms with van der Waals surface area (Å²) in [5.41, 5.74) is 1.88. The molecule has 1 saturated carbocycles. The maximum Gasteiger partial charge on any atom is 0.0581 e. The van der Waals surface area contributed by atoms with E-state index >= 15 is 0 Å². The highest BCUT2D eigenvalue weighted by Crippen LogP contribution is 2.39. The highest BCUT2D eigenvalue weighted by Gasteiger charge is 2.36. The van der Waals surface area contributed by atoms with Crippen molar-refractivity contribution in [2.75, 3.05) is 19.6 Å². The minimum Gasteiger partial charge on any atom is -0.393 e. The highest BCUT2D eigenvalue weighted by atomic mass is 16.3. The van der Waals surface area contributed by atoms with Crippen LogP contribution < -0.4 is 0 Å². The average Bonchev–Trinajstić information content (AvgIpc) is 2.92. The molecular formula is C19H29NO. The van der Waals surface area contributed by atoms with E-state index in [2.05, 4.69) is 49.1 Å². The first-order chi connectivity index (χ1) is 10.0. The second kappa shape index (κ2) is 6.10. The second-order valence-electron chi connectivity index (χ2n) is 7.89. The molecule has 2 heteroatoms. The van der Waals surface area contributed by atoms with E-state index in [1.165, 1.54) is 24.9 Å². The molecule has 3 atom stereocenters. The number of rotatable bonds is 3. The quantitative estimate of drug-likeness (QED) is 0.917. The fraction of sp³-hybridized carbons (Fsp3) is 0.684. The van der Waals surface area contributed by atoms with Crippen LogP contribution in [0.25, 0.3) is 0 Å². The molecule has 3 rings (SSSR count). The lowest BCUT2D eigenvalue weighted by atomic mass is 9.71. The third-order valence-electron chi connectivity index (χ3n) is 5.51. The third-order valence-corrected chi connectivity index (χ3v) is 5.51. The predicted octanol–water partition coefficient (Wildman–Crippen LogP) is 3.66. The first kappa shape index (κ1) is 15.1. The molecule has 0 aromatic heterocycles. The van der Waals surface area contributed by atoms with Crippen molar-refractivity contribution in [3.8, 4) is 0 Å². The van der Waals surface area contributed by atoms with Crippen LogP contribution in [-0.2, 0) is 0 Å². The van der Waals surface area contributed by atoms with E-state index in [1.54, 1.807) is 0 Å². The Morgan fingerprint density at radius 3 is 2.71 bits per heavy atom. The Labute approximate surface area is 129 Å². The van der Waals surface area contributed by atoms with E-state index in [-0.39, 0.29) is 6.10 Å². The lowest BCUT2D eigenvalue weighted by Gasteiger charge is -2.40. The van der Waals surface area contributed by atoms with Gasteiger partial charge in [0.1, 0.15) is 0 Å². The van der Waals surface area contributed by atoms with E-state index < -0.39 is 0 Å². The van der Waals surface area contributed by atoms with Gasteiger partial charge >= 0.3 is 0 Å². The van der Waals surface area contributed by atoms with Crippen molar-refractivity contribution >= 4 is 0 Å². The van der Waals surface area contributed by atoms with Crippen LogP contribution in [0.3, 0.4) is 0 Å². The summed E-state index contributed by atoms with van der Waals surface area (Å²) in [6.07, 6.45) is 4.48.